The third kappa shape index (κ3) is 3.32. The molecular weight excluding hydrogens is 334 g/mol. The zero-order valence-corrected chi connectivity index (χ0v) is 13.8. The van der Waals surface area contributed by atoms with Gasteiger partial charge in [0.25, 0.3) is 0 Å². The Kier molecular flexibility index (Phi) is 4.64. The number of sulfonamides is 1. The van der Waals surface area contributed by atoms with E-state index in [1.807, 2.05) is 0 Å². The fourth-order valence-electron chi connectivity index (χ4n) is 3.30. The molecule has 1 aromatic heterocycles. The Hall–Kier alpha value is -1.86. The number of aromatic nitrogens is 1. The van der Waals surface area contributed by atoms with Crippen molar-refractivity contribution in [1.82, 2.24) is 4.98 Å². The minimum Gasteiger partial charge on any atom is -0.260 e. The normalized spacial score (nSPS) is 16.3. The van der Waals surface area contributed by atoms with E-state index in [0.29, 0.717) is 11.6 Å². The first-order valence-electron chi connectivity index (χ1n) is 7.85. The summed E-state index contributed by atoms with van der Waals surface area (Å²) in [7, 11) is -4.32. The van der Waals surface area contributed by atoms with Gasteiger partial charge in [0, 0.05) is 23.2 Å². The van der Waals surface area contributed by atoms with Gasteiger partial charge < -0.3 is 0 Å². The third-order valence-corrected chi connectivity index (χ3v) is 5.37. The van der Waals surface area contributed by atoms with Crippen molar-refractivity contribution in [3.63, 3.8) is 0 Å². The Morgan fingerprint density at radius 3 is 2.42 bits per heavy atom. The average Bonchev–Trinajstić information content (AvgIpc) is 2.56. The second-order valence-corrected chi connectivity index (χ2v) is 7.61. The van der Waals surface area contributed by atoms with Gasteiger partial charge >= 0.3 is 0 Å². The van der Waals surface area contributed by atoms with Gasteiger partial charge in [-0.25, -0.2) is 22.3 Å². The molecule has 1 fully saturated rings. The summed E-state index contributed by atoms with van der Waals surface area (Å²) in [5.41, 5.74) is 1.24. The van der Waals surface area contributed by atoms with Crippen LogP contribution in [0.4, 0.5) is 8.78 Å². The molecule has 0 radical (unpaired) electrons. The molecule has 1 aromatic carbocycles. The molecule has 0 amide bonds. The topological polar surface area (TPSA) is 73.1 Å². The van der Waals surface area contributed by atoms with Crippen LogP contribution in [0.15, 0.2) is 35.4 Å². The quantitative estimate of drug-likeness (QED) is 0.915. The first-order valence-corrected chi connectivity index (χ1v) is 9.39. The van der Waals surface area contributed by atoms with Gasteiger partial charge in [-0.1, -0.05) is 25.3 Å². The lowest BCUT2D eigenvalue weighted by molar-refractivity contribution is 0.437. The lowest BCUT2D eigenvalue weighted by Gasteiger charge is -2.23. The second-order valence-electron chi connectivity index (χ2n) is 6.08. The van der Waals surface area contributed by atoms with E-state index in [9.17, 15) is 17.2 Å². The van der Waals surface area contributed by atoms with Crippen LogP contribution in [0.25, 0.3) is 11.1 Å². The van der Waals surface area contributed by atoms with E-state index in [0.717, 1.165) is 37.4 Å². The van der Waals surface area contributed by atoms with E-state index in [-0.39, 0.29) is 11.5 Å². The molecule has 1 aliphatic carbocycles. The Morgan fingerprint density at radius 1 is 1.04 bits per heavy atom. The predicted octanol–water partition coefficient (Wildman–Crippen LogP) is 3.72. The summed E-state index contributed by atoms with van der Waals surface area (Å²) < 4.78 is 51.3. The zero-order chi connectivity index (χ0) is 17.3. The fourth-order valence-corrected chi connectivity index (χ4v) is 3.90. The van der Waals surface area contributed by atoms with Crippen molar-refractivity contribution in [3.8, 4) is 11.1 Å². The maximum absolute atomic E-state index is 14.5. The summed E-state index contributed by atoms with van der Waals surface area (Å²) in [5, 5.41) is 4.92. The molecule has 1 saturated carbocycles. The number of benzene rings is 1. The zero-order valence-electron chi connectivity index (χ0n) is 13.0. The van der Waals surface area contributed by atoms with Gasteiger partial charge in [-0.2, -0.15) is 0 Å². The van der Waals surface area contributed by atoms with Gasteiger partial charge in [-0.3, -0.25) is 4.98 Å². The summed E-state index contributed by atoms with van der Waals surface area (Å²) in [6.45, 7) is 0. The van der Waals surface area contributed by atoms with Crippen LogP contribution in [0.3, 0.4) is 0 Å². The lowest BCUT2D eigenvalue weighted by Crippen LogP contribution is -2.15. The standard InChI is InChI=1S/C17H18F2N2O2S/c18-14-10-16(24(20,22)23)15(19)9-13(14)12-7-4-8-21-17(12)11-5-2-1-3-6-11/h4,7-11H,1-3,5-6H2,(H2,20,22,23). The molecule has 0 saturated heterocycles. The smallest absolute Gasteiger partial charge is 0.241 e. The summed E-state index contributed by atoms with van der Waals surface area (Å²) in [4.78, 5) is 3.55. The molecule has 3 rings (SSSR count). The Morgan fingerprint density at radius 2 is 1.75 bits per heavy atom. The van der Waals surface area contributed by atoms with Crippen LogP contribution in [0.1, 0.15) is 43.7 Å². The molecule has 128 valence electrons. The first-order chi connectivity index (χ1) is 11.4. The molecule has 0 aliphatic heterocycles. The number of hydrogen-bond acceptors (Lipinski definition) is 3. The highest BCUT2D eigenvalue weighted by atomic mass is 32.2. The van der Waals surface area contributed by atoms with E-state index in [1.54, 1.807) is 18.3 Å². The van der Waals surface area contributed by atoms with Crippen LogP contribution in [-0.2, 0) is 10.0 Å². The number of primary sulfonamides is 1. The third-order valence-electron chi connectivity index (χ3n) is 4.45. The van der Waals surface area contributed by atoms with Crippen molar-refractivity contribution in [2.45, 2.75) is 42.9 Å². The highest BCUT2D eigenvalue weighted by Crippen LogP contribution is 2.38. The summed E-state index contributed by atoms with van der Waals surface area (Å²) >= 11 is 0. The Bertz CT molecular complexity index is 863. The van der Waals surface area contributed by atoms with E-state index in [2.05, 4.69) is 4.98 Å². The minimum absolute atomic E-state index is 0.00794. The van der Waals surface area contributed by atoms with Crippen LogP contribution in [0.5, 0.6) is 0 Å². The molecule has 0 spiro atoms. The van der Waals surface area contributed by atoms with Crippen LogP contribution in [0.2, 0.25) is 0 Å². The molecule has 2 N–H and O–H groups in total. The highest BCUT2D eigenvalue weighted by Gasteiger charge is 2.24. The van der Waals surface area contributed by atoms with Crippen molar-refractivity contribution in [2.24, 2.45) is 5.14 Å². The van der Waals surface area contributed by atoms with Gasteiger partial charge in [0.1, 0.15) is 16.5 Å². The molecule has 1 aliphatic rings. The summed E-state index contributed by atoms with van der Waals surface area (Å²) in [6.07, 6.45) is 6.90. The Labute approximate surface area is 139 Å². The lowest BCUT2D eigenvalue weighted by atomic mass is 9.84. The largest absolute Gasteiger partial charge is 0.260 e. The number of hydrogen-bond donors (Lipinski definition) is 1. The van der Waals surface area contributed by atoms with Crippen molar-refractivity contribution >= 4 is 10.0 Å². The van der Waals surface area contributed by atoms with Crippen LogP contribution in [0, 0.1) is 11.6 Å². The number of nitrogens with zero attached hydrogens (tertiary/aromatic N) is 1. The van der Waals surface area contributed by atoms with Crippen LogP contribution >= 0.6 is 0 Å². The van der Waals surface area contributed by atoms with E-state index < -0.39 is 26.6 Å². The molecule has 0 atom stereocenters. The molecule has 7 heteroatoms. The van der Waals surface area contributed by atoms with E-state index in [4.69, 9.17) is 5.14 Å². The van der Waals surface area contributed by atoms with Gasteiger partial charge in [-0.05, 0) is 31.0 Å². The van der Waals surface area contributed by atoms with Crippen LogP contribution in [-0.4, -0.2) is 13.4 Å². The molecule has 24 heavy (non-hydrogen) atoms. The molecule has 1 heterocycles. The average molecular weight is 352 g/mol. The predicted molar refractivity (Wildman–Crippen MR) is 86.8 cm³/mol. The number of rotatable bonds is 3. The van der Waals surface area contributed by atoms with Crippen LogP contribution < -0.4 is 5.14 Å². The summed E-state index contributed by atoms with van der Waals surface area (Å²) in [6, 6.07) is 4.87. The van der Waals surface area contributed by atoms with Gasteiger partial charge in [0.15, 0.2) is 0 Å². The number of halogens is 2. The molecule has 0 unspecified atom stereocenters. The summed E-state index contributed by atoms with van der Waals surface area (Å²) in [5.74, 6) is -1.69. The fraction of sp³-hybridized carbons (Fsp3) is 0.353. The molecule has 2 aromatic rings. The van der Waals surface area contributed by atoms with Crippen molar-refractivity contribution in [2.75, 3.05) is 0 Å². The molecular formula is C17H18F2N2O2S. The van der Waals surface area contributed by atoms with Crippen molar-refractivity contribution in [1.29, 1.82) is 0 Å². The SMILES string of the molecule is NS(=O)(=O)c1cc(F)c(-c2cccnc2C2CCCCC2)cc1F. The highest BCUT2D eigenvalue weighted by molar-refractivity contribution is 7.89. The maximum atomic E-state index is 14.5. The minimum atomic E-state index is -4.32. The first kappa shape index (κ1) is 17.0. The Balaban J connectivity index is 2.12. The molecule has 4 nitrogen and oxygen atoms in total. The van der Waals surface area contributed by atoms with Crippen molar-refractivity contribution in [3.05, 3.63) is 47.8 Å². The number of pyridine rings is 1. The van der Waals surface area contributed by atoms with E-state index in [1.165, 1.54) is 6.42 Å². The monoisotopic (exact) mass is 352 g/mol. The van der Waals surface area contributed by atoms with Gasteiger partial charge in [0.2, 0.25) is 10.0 Å². The van der Waals surface area contributed by atoms with Crippen molar-refractivity contribution < 1.29 is 17.2 Å². The number of nitrogens with two attached hydrogens (primary N) is 1. The second kappa shape index (κ2) is 6.57. The van der Waals surface area contributed by atoms with Gasteiger partial charge in [0.05, 0.1) is 5.69 Å². The molecule has 0 bridgehead atoms. The van der Waals surface area contributed by atoms with Gasteiger partial charge in [-0.15, -0.1) is 0 Å². The van der Waals surface area contributed by atoms with E-state index >= 15 is 0 Å². The maximum Gasteiger partial charge on any atom is 0.241 e.